The molecule has 92 valence electrons. The Balaban J connectivity index is 1.74. The Bertz CT molecular complexity index is 248. The number of likely N-dealkylation sites (N-methyl/N-ethyl adjacent to an activating group) is 1. The van der Waals surface area contributed by atoms with Gasteiger partial charge in [0.15, 0.2) is 0 Å². The summed E-state index contributed by atoms with van der Waals surface area (Å²) in [5, 5.41) is 3.49. The smallest absolute Gasteiger partial charge is 0.239 e. The van der Waals surface area contributed by atoms with Crippen LogP contribution in [0, 0.1) is 5.92 Å². The molecule has 3 heteroatoms. The summed E-state index contributed by atoms with van der Waals surface area (Å²) >= 11 is 0. The average Bonchev–Trinajstić information content (AvgIpc) is 2.83. The van der Waals surface area contributed by atoms with Crippen molar-refractivity contribution in [1.29, 1.82) is 0 Å². The van der Waals surface area contributed by atoms with E-state index in [-0.39, 0.29) is 11.9 Å². The minimum atomic E-state index is 0.0846. The van der Waals surface area contributed by atoms with Crippen LogP contribution in [-0.2, 0) is 4.79 Å². The summed E-state index contributed by atoms with van der Waals surface area (Å²) in [4.78, 5) is 13.6. The molecule has 0 aromatic rings. The quantitative estimate of drug-likeness (QED) is 0.789. The van der Waals surface area contributed by atoms with Crippen LogP contribution in [0.15, 0.2) is 0 Å². The molecule has 0 aromatic heterocycles. The first-order valence-electron chi connectivity index (χ1n) is 6.68. The van der Waals surface area contributed by atoms with Crippen molar-refractivity contribution in [3.05, 3.63) is 0 Å². The molecule has 2 atom stereocenters. The number of rotatable bonds is 4. The van der Waals surface area contributed by atoms with Crippen LogP contribution in [0.2, 0.25) is 0 Å². The number of hydrogen-bond donors (Lipinski definition) is 1. The first-order valence-corrected chi connectivity index (χ1v) is 6.68. The Hall–Kier alpha value is -0.570. The van der Waals surface area contributed by atoms with Crippen LogP contribution in [-0.4, -0.2) is 36.5 Å². The molecule has 1 amide bonds. The van der Waals surface area contributed by atoms with E-state index in [1.54, 1.807) is 0 Å². The fourth-order valence-electron chi connectivity index (χ4n) is 3.13. The number of hydrogen-bond acceptors (Lipinski definition) is 2. The first-order chi connectivity index (χ1) is 7.66. The Morgan fingerprint density at radius 2 is 2.06 bits per heavy atom. The zero-order chi connectivity index (χ0) is 11.5. The van der Waals surface area contributed by atoms with Gasteiger partial charge in [-0.15, -0.1) is 0 Å². The van der Waals surface area contributed by atoms with Gasteiger partial charge in [0.25, 0.3) is 0 Å². The van der Waals surface area contributed by atoms with Gasteiger partial charge in [0, 0.05) is 19.6 Å². The molecule has 2 aliphatic rings. The summed E-state index contributed by atoms with van der Waals surface area (Å²) in [6.07, 6.45) is 7.82. The number of nitrogens with zero attached hydrogens (tertiary/aromatic N) is 1. The van der Waals surface area contributed by atoms with E-state index < -0.39 is 0 Å². The number of likely N-dealkylation sites (tertiary alicyclic amines) is 1. The van der Waals surface area contributed by atoms with Crippen molar-refractivity contribution in [2.45, 2.75) is 57.5 Å². The van der Waals surface area contributed by atoms with E-state index in [2.05, 4.69) is 12.2 Å². The van der Waals surface area contributed by atoms with E-state index in [1.165, 1.54) is 32.1 Å². The van der Waals surface area contributed by atoms with Crippen molar-refractivity contribution in [3.63, 3.8) is 0 Å². The molecule has 1 aliphatic carbocycles. The summed E-state index contributed by atoms with van der Waals surface area (Å²) in [7, 11) is 1.89. The van der Waals surface area contributed by atoms with Crippen LogP contribution < -0.4 is 5.32 Å². The molecule has 0 bridgehead atoms. The fourth-order valence-corrected chi connectivity index (χ4v) is 3.13. The normalized spacial score (nSPS) is 29.0. The van der Waals surface area contributed by atoms with Crippen LogP contribution in [0.3, 0.4) is 0 Å². The van der Waals surface area contributed by atoms with Crippen molar-refractivity contribution >= 4 is 5.91 Å². The standard InChI is InChI=1S/C13H24N2O/c1-10(9-11-5-3-4-6-11)14-12-7-8-15(2)13(12)16/h10-12,14H,3-9H2,1-2H3. The molecular weight excluding hydrogens is 200 g/mol. The van der Waals surface area contributed by atoms with Crippen molar-refractivity contribution in [2.75, 3.05) is 13.6 Å². The van der Waals surface area contributed by atoms with Gasteiger partial charge < -0.3 is 10.2 Å². The van der Waals surface area contributed by atoms with E-state index in [1.807, 2.05) is 11.9 Å². The van der Waals surface area contributed by atoms with Crippen LogP contribution in [0.4, 0.5) is 0 Å². The third kappa shape index (κ3) is 2.76. The van der Waals surface area contributed by atoms with Crippen molar-refractivity contribution in [3.8, 4) is 0 Å². The maximum Gasteiger partial charge on any atom is 0.239 e. The molecule has 16 heavy (non-hydrogen) atoms. The third-order valence-electron chi connectivity index (χ3n) is 4.07. The molecule has 1 saturated carbocycles. The van der Waals surface area contributed by atoms with Gasteiger partial charge in [0.2, 0.25) is 5.91 Å². The second kappa shape index (κ2) is 5.17. The lowest BCUT2D eigenvalue weighted by Gasteiger charge is -2.21. The maximum atomic E-state index is 11.7. The maximum absolute atomic E-state index is 11.7. The Morgan fingerprint density at radius 1 is 1.38 bits per heavy atom. The number of amides is 1. The van der Waals surface area contributed by atoms with Gasteiger partial charge in [-0.3, -0.25) is 4.79 Å². The van der Waals surface area contributed by atoms with Crippen molar-refractivity contribution in [2.24, 2.45) is 5.92 Å². The molecule has 2 unspecified atom stereocenters. The SMILES string of the molecule is CC(CC1CCCC1)NC1CCN(C)C1=O. The highest BCUT2D eigenvalue weighted by atomic mass is 16.2. The lowest BCUT2D eigenvalue weighted by molar-refractivity contribution is -0.128. The van der Waals surface area contributed by atoms with Gasteiger partial charge in [-0.2, -0.15) is 0 Å². The van der Waals surface area contributed by atoms with Gasteiger partial charge >= 0.3 is 0 Å². The lowest BCUT2D eigenvalue weighted by atomic mass is 9.99. The summed E-state index contributed by atoms with van der Waals surface area (Å²) in [5.41, 5.74) is 0. The zero-order valence-corrected chi connectivity index (χ0v) is 10.5. The summed E-state index contributed by atoms with van der Waals surface area (Å²) in [6.45, 7) is 3.14. The average molecular weight is 224 g/mol. The van der Waals surface area contributed by atoms with Crippen LogP contribution in [0.25, 0.3) is 0 Å². The lowest BCUT2D eigenvalue weighted by Crippen LogP contribution is -2.42. The highest BCUT2D eigenvalue weighted by Crippen LogP contribution is 2.28. The Morgan fingerprint density at radius 3 is 2.62 bits per heavy atom. The molecule has 0 spiro atoms. The van der Waals surface area contributed by atoms with Gasteiger partial charge in [-0.05, 0) is 25.7 Å². The van der Waals surface area contributed by atoms with Gasteiger partial charge in [0.1, 0.15) is 0 Å². The number of carbonyl (C=O) groups is 1. The molecule has 1 heterocycles. The molecule has 2 rings (SSSR count). The molecule has 1 N–H and O–H groups in total. The summed E-state index contributed by atoms with van der Waals surface area (Å²) in [6, 6.07) is 0.574. The Kier molecular flexibility index (Phi) is 3.85. The van der Waals surface area contributed by atoms with E-state index in [9.17, 15) is 4.79 Å². The van der Waals surface area contributed by atoms with E-state index in [0.717, 1.165) is 18.9 Å². The van der Waals surface area contributed by atoms with Gasteiger partial charge in [-0.25, -0.2) is 0 Å². The number of carbonyl (C=O) groups excluding carboxylic acids is 1. The fraction of sp³-hybridized carbons (Fsp3) is 0.923. The monoisotopic (exact) mass is 224 g/mol. The second-order valence-corrected chi connectivity index (χ2v) is 5.55. The van der Waals surface area contributed by atoms with Gasteiger partial charge in [0.05, 0.1) is 6.04 Å². The molecule has 1 aliphatic heterocycles. The first kappa shape index (κ1) is 11.9. The second-order valence-electron chi connectivity index (χ2n) is 5.55. The van der Waals surface area contributed by atoms with E-state index in [0.29, 0.717) is 6.04 Å². The third-order valence-corrected chi connectivity index (χ3v) is 4.07. The predicted molar refractivity (Wildman–Crippen MR) is 65.2 cm³/mol. The molecule has 2 fully saturated rings. The highest BCUT2D eigenvalue weighted by molar-refractivity contribution is 5.83. The van der Waals surface area contributed by atoms with E-state index >= 15 is 0 Å². The van der Waals surface area contributed by atoms with Crippen molar-refractivity contribution < 1.29 is 4.79 Å². The molecule has 1 saturated heterocycles. The topological polar surface area (TPSA) is 32.3 Å². The van der Waals surface area contributed by atoms with Gasteiger partial charge in [-0.1, -0.05) is 25.7 Å². The molecule has 0 radical (unpaired) electrons. The predicted octanol–water partition coefficient (Wildman–Crippen LogP) is 1.78. The minimum absolute atomic E-state index is 0.0846. The Labute approximate surface area is 98.6 Å². The van der Waals surface area contributed by atoms with Crippen molar-refractivity contribution in [1.82, 2.24) is 10.2 Å². The number of nitrogens with one attached hydrogen (secondary N) is 1. The largest absolute Gasteiger partial charge is 0.344 e. The highest BCUT2D eigenvalue weighted by Gasteiger charge is 2.30. The molecular formula is C13H24N2O. The summed E-state index contributed by atoms with van der Waals surface area (Å²) in [5.74, 6) is 1.18. The summed E-state index contributed by atoms with van der Waals surface area (Å²) < 4.78 is 0. The van der Waals surface area contributed by atoms with Crippen LogP contribution in [0.5, 0.6) is 0 Å². The molecule has 0 aromatic carbocycles. The van der Waals surface area contributed by atoms with E-state index in [4.69, 9.17) is 0 Å². The zero-order valence-electron chi connectivity index (χ0n) is 10.5. The minimum Gasteiger partial charge on any atom is -0.344 e. The van der Waals surface area contributed by atoms with Crippen LogP contribution >= 0.6 is 0 Å². The van der Waals surface area contributed by atoms with Crippen LogP contribution in [0.1, 0.15) is 45.4 Å². The molecule has 3 nitrogen and oxygen atoms in total.